The number of ether oxygens (including phenoxy) is 2. The van der Waals surface area contributed by atoms with E-state index in [1.54, 1.807) is 30.6 Å². The fourth-order valence-corrected chi connectivity index (χ4v) is 3.95. The van der Waals surface area contributed by atoms with Gasteiger partial charge in [0.15, 0.2) is 5.65 Å². The van der Waals surface area contributed by atoms with Crippen LogP contribution in [0.5, 0.6) is 5.75 Å². The Bertz CT molecular complexity index is 1280. The maximum absolute atomic E-state index is 14.5. The summed E-state index contributed by atoms with van der Waals surface area (Å²) in [4.78, 5) is 31.6. The smallest absolute Gasteiger partial charge is 0.261 e. The van der Waals surface area contributed by atoms with Crippen molar-refractivity contribution in [2.24, 2.45) is 5.92 Å². The number of anilines is 1. The molecule has 2 aliphatic heterocycles. The molecule has 5 rings (SSSR count). The maximum Gasteiger partial charge on any atom is 0.261 e. The summed E-state index contributed by atoms with van der Waals surface area (Å²) in [7, 11) is 0. The number of alkyl halides is 1. The van der Waals surface area contributed by atoms with Crippen molar-refractivity contribution in [3.63, 3.8) is 0 Å². The minimum Gasteiger partial charge on any atom is -0.491 e. The van der Waals surface area contributed by atoms with E-state index in [2.05, 4.69) is 15.4 Å². The van der Waals surface area contributed by atoms with E-state index >= 15 is 0 Å². The van der Waals surface area contributed by atoms with Crippen LogP contribution < -0.4 is 10.1 Å². The first kappa shape index (κ1) is 23.2. The van der Waals surface area contributed by atoms with Crippen LogP contribution in [-0.4, -0.2) is 74.6 Å². The van der Waals surface area contributed by atoms with Crippen LogP contribution >= 0.6 is 0 Å². The summed E-state index contributed by atoms with van der Waals surface area (Å²) in [6.45, 7) is 4.17. The Morgan fingerprint density at radius 3 is 2.91 bits per heavy atom. The molecule has 1 fully saturated rings. The second-order valence-electron chi connectivity index (χ2n) is 9.43. The average molecular weight is 484 g/mol. The lowest BCUT2D eigenvalue weighted by Crippen LogP contribution is -2.42. The number of nitrogens with zero attached hydrogens (tertiary/aromatic N) is 4. The van der Waals surface area contributed by atoms with Gasteiger partial charge in [-0.2, -0.15) is 5.10 Å². The molecule has 0 saturated carbocycles. The van der Waals surface area contributed by atoms with Crippen LogP contribution in [0.25, 0.3) is 5.65 Å². The van der Waals surface area contributed by atoms with E-state index in [9.17, 15) is 19.1 Å². The SMILES string of the molecule is CC(C)(O)C(F)CN1Cc2cc(NC(=O)c3cnn4cccnc34)c(OCC3COC3)cc2C1=O. The average Bonchev–Trinajstić information content (AvgIpc) is 3.33. The highest BCUT2D eigenvalue weighted by Crippen LogP contribution is 2.35. The Labute approximate surface area is 200 Å². The number of nitrogens with one attached hydrogen (secondary N) is 1. The Hall–Kier alpha value is -3.57. The van der Waals surface area contributed by atoms with Crippen molar-refractivity contribution in [2.75, 3.05) is 31.7 Å². The Morgan fingerprint density at radius 1 is 1.40 bits per heavy atom. The van der Waals surface area contributed by atoms with Crippen molar-refractivity contribution in [3.8, 4) is 5.75 Å². The van der Waals surface area contributed by atoms with Crippen molar-refractivity contribution in [2.45, 2.75) is 32.2 Å². The van der Waals surface area contributed by atoms with Crippen molar-refractivity contribution in [3.05, 3.63) is 53.5 Å². The van der Waals surface area contributed by atoms with E-state index in [1.165, 1.54) is 29.5 Å². The van der Waals surface area contributed by atoms with Crippen LogP contribution in [0.3, 0.4) is 0 Å². The summed E-state index contributed by atoms with van der Waals surface area (Å²) in [5.41, 5.74) is 0.511. The van der Waals surface area contributed by atoms with Gasteiger partial charge in [0.05, 0.1) is 43.9 Å². The third kappa shape index (κ3) is 4.56. The second kappa shape index (κ2) is 8.90. The van der Waals surface area contributed by atoms with Gasteiger partial charge in [-0.15, -0.1) is 0 Å². The summed E-state index contributed by atoms with van der Waals surface area (Å²) >= 11 is 0. The number of aliphatic hydroxyl groups is 1. The van der Waals surface area contributed by atoms with Gasteiger partial charge in [0, 0.05) is 30.4 Å². The standard InChI is InChI=1S/C24H26FN5O5/c1-24(2,33)20(25)10-29-9-15-6-18(19(7-16(15)23(29)32)35-13-14-11-34-12-14)28-22(31)17-8-27-30-5-3-4-26-21(17)30/h3-8,14,20,33H,9-13H2,1-2H3,(H,28,31). The lowest BCUT2D eigenvalue weighted by atomic mass is 10.0. The molecular weight excluding hydrogens is 457 g/mol. The molecule has 1 saturated heterocycles. The van der Waals surface area contributed by atoms with E-state index in [0.29, 0.717) is 48.0 Å². The predicted molar refractivity (Wildman–Crippen MR) is 123 cm³/mol. The van der Waals surface area contributed by atoms with E-state index in [-0.39, 0.29) is 30.5 Å². The van der Waals surface area contributed by atoms with Gasteiger partial charge in [-0.05, 0) is 37.6 Å². The summed E-state index contributed by atoms with van der Waals surface area (Å²) in [5, 5.41) is 17.0. The summed E-state index contributed by atoms with van der Waals surface area (Å²) < 4.78 is 27.1. The van der Waals surface area contributed by atoms with Crippen molar-refractivity contribution >= 4 is 23.1 Å². The molecule has 0 aliphatic carbocycles. The lowest BCUT2D eigenvalue weighted by molar-refractivity contribution is -0.0507. The Morgan fingerprint density at radius 2 is 2.20 bits per heavy atom. The van der Waals surface area contributed by atoms with Crippen molar-refractivity contribution in [1.29, 1.82) is 0 Å². The molecule has 2 aromatic heterocycles. The first-order valence-electron chi connectivity index (χ1n) is 11.3. The summed E-state index contributed by atoms with van der Waals surface area (Å²) in [6.07, 6.45) is 3.08. The van der Waals surface area contributed by atoms with Crippen LogP contribution in [0.2, 0.25) is 0 Å². The first-order chi connectivity index (χ1) is 16.7. The number of amides is 2. The van der Waals surface area contributed by atoms with Gasteiger partial charge in [-0.1, -0.05) is 0 Å². The normalized spacial score (nSPS) is 16.8. The zero-order valence-corrected chi connectivity index (χ0v) is 19.4. The van der Waals surface area contributed by atoms with Gasteiger partial charge >= 0.3 is 0 Å². The molecule has 2 aliphatic rings. The molecule has 3 aromatic rings. The quantitative estimate of drug-likeness (QED) is 0.504. The predicted octanol–water partition coefficient (Wildman–Crippen LogP) is 2.07. The molecule has 11 heteroatoms. The highest BCUT2D eigenvalue weighted by molar-refractivity contribution is 6.09. The largest absolute Gasteiger partial charge is 0.491 e. The molecule has 35 heavy (non-hydrogen) atoms. The zero-order valence-electron chi connectivity index (χ0n) is 19.4. The molecule has 184 valence electrons. The van der Waals surface area contributed by atoms with E-state index in [4.69, 9.17) is 9.47 Å². The van der Waals surface area contributed by atoms with Crippen molar-refractivity contribution in [1.82, 2.24) is 19.5 Å². The molecule has 1 unspecified atom stereocenters. The molecule has 0 bridgehead atoms. The number of halogens is 1. The van der Waals surface area contributed by atoms with E-state index < -0.39 is 17.7 Å². The number of carbonyl (C=O) groups excluding carboxylic acids is 2. The molecule has 2 N–H and O–H groups in total. The molecule has 0 spiro atoms. The number of hydrogen-bond acceptors (Lipinski definition) is 7. The molecule has 10 nitrogen and oxygen atoms in total. The van der Waals surface area contributed by atoms with Gasteiger partial charge < -0.3 is 24.8 Å². The summed E-state index contributed by atoms with van der Waals surface area (Å²) in [6, 6.07) is 4.97. The highest BCUT2D eigenvalue weighted by Gasteiger charge is 2.35. The first-order valence-corrected chi connectivity index (χ1v) is 11.3. The van der Waals surface area contributed by atoms with Crippen LogP contribution in [-0.2, 0) is 11.3 Å². The lowest BCUT2D eigenvalue weighted by Gasteiger charge is -2.26. The van der Waals surface area contributed by atoms with Gasteiger partial charge in [0.2, 0.25) is 0 Å². The fraction of sp³-hybridized carbons (Fsp3) is 0.417. The van der Waals surface area contributed by atoms with Crippen LogP contribution in [0.15, 0.2) is 36.8 Å². The third-order valence-electron chi connectivity index (χ3n) is 6.19. The number of aromatic nitrogens is 3. The van der Waals surface area contributed by atoms with Crippen molar-refractivity contribution < 1.29 is 28.6 Å². The summed E-state index contributed by atoms with van der Waals surface area (Å²) in [5.74, 6) is -0.222. The molecule has 4 heterocycles. The third-order valence-corrected chi connectivity index (χ3v) is 6.19. The van der Waals surface area contributed by atoms with Gasteiger partial charge in [-0.3, -0.25) is 9.59 Å². The maximum atomic E-state index is 14.5. The van der Waals surface area contributed by atoms with Crippen LogP contribution in [0.1, 0.15) is 40.1 Å². The van der Waals surface area contributed by atoms with Crippen LogP contribution in [0.4, 0.5) is 10.1 Å². The van der Waals surface area contributed by atoms with E-state index in [0.717, 1.165) is 0 Å². The minimum absolute atomic E-state index is 0.155. The molecule has 1 aromatic carbocycles. The number of benzene rings is 1. The number of hydrogen-bond donors (Lipinski definition) is 2. The van der Waals surface area contributed by atoms with Crippen LogP contribution in [0, 0.1) is 5.92 Å². The minimum atomic E-state index is -1.61. The molecule has 0 radical (unpaired) electrons. The van der Waals surface area contributed by atoms with Gasteiger partial charge in [-0.25, -0.2) is 13.9 Å². The Balaban J connectivity index is 1.42. The number of carbonyl (C=O) groups is 2. The van der Waals surface area contributed by atoms with Gasteiger partial charge in [0.25, 0.3) is 11.8 Å². The van der Waals surface area contributed by atoms with E-state index in [1.807, 2.05) is 0 Å². The zero-order chi connectivity index (χ0) is 24.7. The second-order valence-corrected chi connectivity index (χ2v) is 9.43. The topological polar surface area (TPSA) is 118 Å². The number of fused-ring (bicyclic) bond motifs is 2. The molecule has 1 atom stereocenters. The van der Waals surface area contributed by atoms with Gasteiger partial charge in [0.1, 0.15) is 17.5 Å². The molecular formula is C24H26FN5O5. The Kier molecular flexibility index (Phi) is 5.89. The highest BCUT2D eigenvalue weighted by atomic mass is 19.1. The monoisotopic (exact) mass is 483 g/mol. The number of rotatable bonds is 8. The fourth-order valence-electron chi connectivity index (χ4n) is 3.95. The molecule has 2 amide bonds.